The number of carbonyl (C=O) groups is 1. The third kappa shape index (κ3) is 7.33. The summed E-state index contributed by atoms with van der Waals surface area (Å²) in [5, 5.41) is 0. The first kappa shape index (κ1) is 21.2. The molecule has 0 aromatic heterocycles. The van der Waals surface area contributed by atoms with Crippen LogP contribution in [-0.4, -0.2) is 13.1 Å². The molecule has 0 atom stereocenters. The van der Waals surface area contributed by atoms with Gasteiger partial charge in [-0.1, -0.05) is 74.0 Å². The number of rotatable bonds is 4. The molecule has 4 heteroatoms. The molecule has 2 aromatic carbocycles. The largest absolute Gasteiger partial charge is 0.488 e. The maximum Gasteiger partial charge on any atom is 0.341 e. The van der Waals surface area contributed by atoms with Gasteiger partial charge >= 0.3 is 5.97 Å². The van der Waals surface area contributed by atoms with Gasteiger partial charge in [-0.2, -0.15) is 0 Å². The van der Waals surface area contributed by atoms with Gasteiger partial charge in [-0.15, -0.1) is 0 Å². The zero-order chi connectivity index (χ0) is 17.7. The lowest BCUT2D eigenvalue weighted by atomic mass is 10.2. The van der Waals surface area contributed by atoms with E-state index in [9.17, 15) is 4.79 Å². The highest BCUT2D eigenvalue weighted by Crippen LogP contribution is 2.25. The molecular formula is C19H25BrO3. The van der Waals surface area contributed by atoms with Gasteiger partial charge < -0.3 is 9.47 Å². The van der Waals surface area contributed by atoms with E-state index < -0.39 is 5.97 Å². The van der Waals surface area contributed by atoms with Gasteiger partial charge in [0.2, 0.25) is 0 Å². The quantitative estimate of drug-likeness (QED) is 0.622. The molecule has 0 unspecified atom stereocenters. The van der Waals surface area contributed by atoms with Crippen LogP contribution < -0.4 is 4.74 Å². The van der Waals surface area contributed by atoms with Gasteiger partial charge in [-0.25, -0.2) is 4.79 Å². The van der Waals surface area contributed by atoms with E-state index in [-0.39, 0.29) is 0 Å². The van der Waals surface area contributed by atoms with Crippen LogP contribution in [0.5, 0.6) is 5.75 Å². The summed E-state index contributed by atoms with van der Waals surface area (Å²) in [5.74, 6) is 0.0978. The number of halogens is 1. The lowest BCUT2D eigenvalue weighted by Crippen LogP contribution is -2.05. The molecule has 2 rings (SSSR count). The van der Waals surface area contributed by atoms with E-state index in [0.29, 0.717) is 17.9 Å². The summed E-state index contributed by atoms with van der Waals surface area (Å²) < 4.78 is 11.3. The zero-order valence-corrected chi connectivity index (χ0v) is 16.0. The molecule has 0 aliphatic heterocycles. The number of carbonyl (C=O) groups excluding carboxylic acids is 1. The fraction of sp³-hybridized carbons (Fsp3) is 0.316. The van der Waals surface area contributed by atoms with Crippen LogP contribution in [0.4, 0.5) is 0 Å². The van der Waals surface area contributed by atoms with Gasteiger partial charge in [-0.3, -0.25) is 0 Å². The molecule has 0 fully saturated rings. The SMILES string of the molecule is CC.CC.COC(=O)c1ccc(Br)cc1OCc1ccccc1. The van der Waals surface area contributed by atoms with Crippen LogP contribution in [0.2, 0.25) is 0 Å². The van der Waals surface area contributed by atoms with Gasteiger partial charge in [0.15, 0.2) is 0 Å². The molecule has 2 aromatic rings. The average molecular weight is 381 g/mol. The smallest absolute Gasteiger partial charge is 0.341 e. The molecule has 126 valence electrons. The van der Waals surface area contributed by atoms with E-state index >= 15 is 0 Å². The second kappa shape index (κ2) is 12.7. The minimum atomic E-state index is -0.407. The highest BCUT2D eigenvalue weighted by atomic mass is 79.9. The third-order valence-corrected chi connectivity index (χ3v) is 3.08. The van der Waals surface area contributed by atoms with Crippen molar-refractivity contribution in [1.29, 1.82) is 0 Å². The number of methoxy groups -OCH3 is 1. The summed E-state index contributed by atoms with van der Waals surface area (Å²) in [6, 6.07) is 15.0. The van der Waals surface area contributed by atoms with Gasteiger partial charge in [-0.05, 0) is 23.8 Å². The normalized spacial score (nSPS) is 8.78. The summed E-state index contributed by atoms with van der Waals surface area (Å²) in [6.07, 6.45) is 0. The lowest BCUT2D eigenvalue weighted by Gasteiger charge is -2.10. The summed E-state index contributed by atoms with van der Waals surface area (Å²) in [5.41, 5.74) is 1.46. The van der Waals surface area contributed by atoms with Crippen LogP contribution in [0.15, 0.2) is 53.0 Å². The van der Waals surface area contributed by atoms with Crippen molar-refractivity contribution in [3.8, 4) is 5.75 Å². The Morgan fingerprint density at radius 2 is 1.61 bits per heavy atom. The third-order valence-electron chi connectivity index (χ3n) is 2.59. The topological polar surface area (TPSA) is 35.5 Å². The second-order valence-electron chi connectivity index (χ2n) is 3.91. The van der Waals surface area contributed by atoms with Crippen molar-refractivity contribution in [2.45, 2.75) is 34.3 Å². The molecule has 0 radical (unpaired) electrons. The molecule has 0 heterocycles. The van der Waals surface area contributed by atoms with Gasteiger partial charge in [0.25, 0.3) is 0 Å². The lowest BCUT2D eigenvalue weighted by molar-refractivity contribution is 0.0595. The number of hydrogen-bond donors (Lipinski definition) is 0. The molecule has 3 nitrogen and oxygen atoms in total. The minimum Gasteiger partial charge on any atom is -0.488 e. The Hall–Kier alpha value is -1.81. The van der Waals surface area contributed by atoms with Crippen molar-refractivity contribution in [1.82, 2.24) is 0 Å². The summed E-state index contributed by atoms with van der Waals surface area (Å²) in [4.78, 5) is 11.6. The predicted octanol–water partition coefficient (Wildman–Crippen LogP) is 5.87. The van der Waals surface area contributed by atoms with E-state index in [1.165, 1.54) is 7.11 Å². The molecule has 0 saturated heterocycles. The molecule has 0 bridgehead atoms. The number of esters is 1. The maximum atomic E-state index is 11.6. The van der Waals surface area contributed by atoms with Gasteiger partial charge in [0, 0.05) is 4.47 Å². The molecule has 0 amide bonds. The number of hydrogen-bond acceptors (Lipinski definition) is 3. The molecule has 23 heavy (non-hydrogen) atoms. The summed E-state index contributed by atoms with van der Waals surface area (Å²) in [7, 11) is 1.35. The fourth-order valence-corrected chi connectivity index (χ4v) is 1.97. The van der Waals surface area contributed by atoms with Crippen LogP contribution in [0, 0.1) is 0 Å². The van der Waals surface area contributed by atoms with Crippen molar-refractivity contribution in [2.75, 3.05) is 7.11 Å². The van der Waals surface area contributed by atoms with Crippen molar-refractivity contribution >= 4 is 21.9 Å². The molecule has 0 aliphatic carbocycles. The fourth-order valence-electron chi connectivity index (χ4n) is 1.63. The Labute approximate surface area is 147 Å². The van der Waals surface area contributed by atoms with E-state index in [0.717, 1.165) is 10.0 Å². The Morgan fingerprint density at radius 3 is 2.17 bits per heavy atom. The van der Waals surface area contributed by atoms with E-state index in [1.807, 2.05) is 58.0 Å². The highest BCUT2D eigenvalue weighted by molar-refractivity contribution is 9.10. The van der Waals surface area contributed by atoms with E-state index in [4.69, 9.17) is 9.47 Å². The monoisotopic (exact) mass is 380 g/mol. The molecule has 0 N–H and O–H groups in total. The van der Waals surface area contributed by atoms with Crippen molar-refractivity contribution < 1.29 is 14.3 Å². The Kier molecular flexibility index (Phi) is 11.7. The van der Waals surface area contributed by atoms with Gasteiger partial charge in [0.1, 0.15) is 17.9 Å². The molecule has 0 saturated carbocycles. The summed E-state index contributed by atoms with van der Waals surface area (Å²) >= 11 is 3.36. The average Bonchev–Trinajstić information content (AvgIpc) is 2.63. The molecular weight excluding hydrogens is 356 g/mol. The van der Waals surface area contributed by atoms with Crippen LogP contribution >= 0.6 is 15.9 Å². The zero-order valence-electron chi connectivity index (χ0n) is 14.4. The van der Waals surface area contributed by atoms with Gasteiger partial charge in [0.05, 0.1) is 7.11 Å². The van der Waals surface area contributed by atoms with Crippen molar-refractivity contribution in [3.05, 3.63) is 64.1 Å². The van der Waals surface area contributed by atoms with Crippen LogP contribution in [0.3, 0.4) is 0 Å². The number of benzene rings is 2. The Balaban J connectivity index is 0.00000112. The Morgan fingerprint density at radius 1 is 1.00 bits per heavy atom. The van der Waals surface area contributed by atoms with Crippen molar-refractivity contribution in [2.24, 2.45) is 0 Å². The Bertz CT molecular complexity index is 568. The van der Waals surface area contributed by atoms with E-state index in [2.05, 4.69) is 15.9 Å². The first-order chi connectivity index (χ1) is 11.2. The van der Waals surface area contributed by atoms with Crippen LogP contribution in [-0.2, 0) is 11.3 Å². The first-order valence-corrected chi connectivity index (χ1v) is 8.54. The number of ether oxygens (including phenoxy) is 2. The first-order valence-electron chi connectivity index (χ1n) is 7.75. The van der Waals surface area contributed by atoms with E-state index in [1.54, 1.807) is 18.2 Å². The second-order valence-corrected chi connectivity index (χ2v) is 4.82. The summed E-state index contributed by atoms with van der Waals surface area (Å²) in [6.45, 7) is 8.40. The van der Waals surface area contributed by atoms with Crippen molar-refractivity contribution in [3.63, 3.8) is 0 Å². The standard InChI is InChI=1S/C15H13BrO3.2C2H6/c1-18-15(17)13-8-7-12(16)9-14(13)19-10-11-5-3-2-4-6-11;2*1-2/h2-9H,10H2,1H3;2*1-2H3. The molecule has 0 spiro atoms. The highest BCUT2D eigenvalue weighted by Gasteiger charge is 2.13. The molecule has 0 aliphatic rings. The van der Waals surface area contributed by atoms with Crippen LogP contribution in [0.25, 0.3) is 0 Å². The maximum absolute atomic E-state index is 11.6. The van der Waals surface area contributed by atoms with Crippen LogP contribution in [0.1, 0.15) is 43.6 Å². The minimum absolute atomic E-state index is 0.404. The predicted molar refractivity (Wildman–Crippen MR) is 99.0 cm³/mol.